The van der Waals surface area contributed by atoms with E-state index in [1.807, 2.05) is 55.5 Å². The zero-order valence-electron chi connectivity index (χ0n) is 17.3. The molecule has 6 heteroatoms. The standard InChI is InChI=1S/C23H29BrN2O3/c1-4-5-13-25-23(28)18(3)26(15-19-7-6-8-20(24)14-19)22(27)16-29-21-11-9-17(2)10-12-21/h6-12,14,18H,4-5,13,15-16H2,1-3H3,(H,25,28). The summed E-state index contributed by atoms with van der Waals surface area (Å²) in [4.78, 5) is 27.1. The maximum Gasteiger partial charge on any atom is 0.261 e. The molecule has 5 nitrogen and oxygen atoms in total. The normalized spacial score (nSPS) is 11.6. The molecule has 0 aliphatic heterocycles. The number of hydrogen-bond acceptors (Lipinski definition) is 3. The van der Waals surface area contributed by atoms with Crippen LogP contribution in [0, 0.1) is 6.92 Å². The Labute approximate surface area is 181 Å². The molecular formula is C23H29BrN2O3. The van der Waals surface area contributed by atoms with Crippen LogP contribution in [0.5, 0.6) is 5.75 Å². The van der Waals surface area contributed by atoms with Gasteiger partial charge in [0.1, 0.15) is 11.8 Å². The van der Waals surface area contributed by atoms with Crippen LogP contribution in [0.25, 0.3) is 0 Å². The third-order valence-electron chi connectivity index (χ3n) is 4.62. The number of nitrogens with zero attached hydrogens (tertiary/aromatic N) is 1. The zero-order valence-corrected chi connectivity index (χ0v) is 18.9. The number of benzene rings is 2. The second kappa shape index (κ2) is 11.6. The lowest BCUT2D eigenvalue weighted by molar-refractivity contribution is -0.142. The summed E-state index contributed by atoms with van der Waals surface area (Å²) in [5, 5.41) is 2.91. The highest BCUT2D eigenvalue weighted by molar-refractivity contribution is 9.10. The summed E-state index contributed by atoms with van der Waals surface area (Å²) in [6, 6.07) is 14.7. The average molecular weight is 461 g/mol. The SMILES string of the molecule is CCCCNC(=O)C(C)N(Cc1cccc(Br)c1)C(=O)COc1ccc(C)cc1. The summed E-state index contributed by atoms with van der Waals surface area (Å²) >= 11 is 3.46. The van der Waals surface area contributed by atoms with Gasteiger partial charge in [0.15, 0.2) is 6.61 Å². The summed E-state index contributed by atoms with van der Waals surface area (Å²) in [5.74, 6) is 0.243. The van der Waals surface area contributed by atoms with Crippen molar-refractivity contribution in [3.05, 3.63) is 64.1 Å². The smallest absolute Gasteiger partial charge is 0.261 e. The van der Waals surface area contributed by atoms with Crippen LogP contribution in [0.15, 0.2) is 53.0 Å². The van der Waals surface area contributed by atoms with Crippen LogP contribution in [0.4, 0.5) is 0 Å². The molecule has 29 heavy (non-hydrogen) atoms. The van der Waals surface area contributed by atoms with Crippen LogP contribution < -0.4 is 10.1 Å². The third-order valence-corrected chi connectivity index (χ3v) is 5.12. The van der Waals surface area contributed by atoms with E-state index in [1.165, 1.54) is 0 Å². The maximum absolute atomic E-state index is 13.0. The molecule has 156 valence electrons. The molecule has 0 radical (unpaired) electrons. The molecular weight excluding hydrogens is 432 g/mol. The van der Waals surface area contributed by atoms with Crippen molar-refractivity contribution >= 4 is 27.7 Å². The van der Waals surface area contributed by atoms with Gasteiger partial charge in [0.05, 0.1) is 0 Å². The first-order valence-corrected chi connectivity index (χ1v) is 10.7. The van der Waals surface area contributed by atoms with Crippen LogP contribution >= 0.6 is 15.9 Å². The molecule has 1 N–H and O–H groups in total. The number of unbranched alkanes of at least 4 members (excludes halogenated alkanes) is 1. The Morgan fingerprint density at radius 1 is 1.17 bits per heavy atom. The molecule has 0 spiro atoms. The van der Waals surface area contributed by atoms with Crippen molar-refractivity contribution in [2.24, 2.45) is 0 Å². The van der Waals surface area contributed by atoms with Gasteiger partial charge in [0.2, 0.25) is 5.91 Å². The highest BCUT2D eigenvalue weighted by Crippen LogP contribution is 2.16. The fourth-order valence-corrected chi connectivity index (χ4v) is 3.26. The Morgan fingerprint density at radius 3 is 2.55 bits per heavy atom. The number of nitrogens with one attached hydrogen (secondary N) is 1. The van der Waals surface area contributed by atoms with Crippen LogP contribution in [0.2, 0.25) is 0 Å². The van der Waals surface area contributed by atoms with Gasteiger partial charge >= 0.3 is 0 Å². The van der Waals surface area contributed by atoms with Gasteiger partial charge in [-0.3, -0.25) is 9.59 Å². The Hall–Kier alpha value is -2.34. The average Bonchev–Trinajstić information content (AvgIpc) is 2.71. The minimum absolute atomic E-state index is 0.121. The number of rotatable bonds is 10. The summed E-state index contributed by atoms with van der Waals surface area (Å²) in [6.07, 6.45) is 1.91. The number of halogens is 1. The minimum Gasteiger partial charge on any atom is -0.484 e. The number of carbonyl (C=O) groups excluding carboxylic acids is 2. The Morgan fingerprint density at radius 2 is 1.90 bits per heavy atom. The van der Waals surface area contributed by atoms with Crippen molar-refractivity contribution in [3.8, 4) is 5.75 Å². The Bertz CT molecular complexity index is 808. The lowest BCUT2D eigenvalue weighted by Gasteiger charge is -2.29. The largest absolute Gasteiger partial charge is 0.484 e. The van der Waals surface area contributed by atoms with E-state index >= 15 is 0 Å². The van der Waals surface area contributed by atoms with E-state index < -0.39 is 6.04 Å². The van der Waals surface area contributed by atoms with Crippen molar-refractivity contribution in [1.29, 1.82) is 0 Å². The molecule has 0 heterocycles. The molecule has 2 aromatic rings. The van der Waals surface area contributed by atoms with Crippen molar-refractivity contribution in [2.75, 3.05) is 13.2 Å². The second-order valence-electron chi connectivity index (χ2n) is 7.07. The molecule has 0 saturated carbocycles. The Kier molecular flexibility index (Phi) is 9.19. The fraction of sp³-hybridized carbons (Fsp3) is 0.391. The molecule has 2 aromatic carbocycles. The molecule has 0 aliphatic carbocycles. The second-order valence-corrected chi connectivity index (χ2v) is 7.99. The first kappa shape index (κ1) is 22.9. The molecule has 1 unspecified atom stereocenters. The van der Waals surface area contributed by atoms with Gasteiger partial charge in [-0.05, 0) is 50.1 Å². The van der Waals surface area contributed by atoms with E-state index in [2.05, 4.69) is 28.2 Å². The molecule has 0 aromatic heterocycles. The van der Waals surface area contributed by atoms with E-state index in [0.29, 0.717) is 18.8 Å². The zero-order chi connectivity index (χ0) is 21.2. The van der Waals surface area contributed by atoms with E-state index in [0.717, 1.165) is 28.4 Å². The van der Waals surface area contributed by atoms with Crippen molar-refractivity contribution in [3.63, 3.8) is 0 Å². The van der Waals surface area contributed by atoms with Crippen LogP contribution in [0.1, 0.15) is 37.8 Å². The number of amides is 2. The van der Waals surface area contributed by atoms with E-state index in [-0.39, 0.29) is 18.4 Å². The van der Waals surface area contributed by atoms with Crippen molar-refractivity contribution < 1.29 is 14.3 Å². The van der Waals surface area contributed by atoms with E-state index in [4.69, 9.17) is 4.74 Å². The highest BCUT2D eigenvalue weighted by Gasteiger charge is 2.26. The monoisotopic (exact) mass is 460 g/mol. The maximum atomic E-state index is 13.0. The number of ether oxygens (including phenoxy) is 1. The predicted molar refractivity (Wildman–Crippen MR) is 119 cm³/mol. The van der Waals surface area contributed by atoms with Crippen molar-refractivity contribution in [2.45, 2.75) is 46.2 Å². The third kappa shape index (κ3) is 7.54. The summed E-state index contributed by atoms with van der Waals surface area (Å²) < 4.78 is 6.59. The lowest BCUT2D eigenvalue weighted by Crippen LogP contribution is -2.49. The van der Waals surface area contributed by atoms with Crippen LogP contribution in [0.3, 0.4) is 0 Å². The number of carbonyl (C=O) groups is 2. The highest BCUT2D eigenvalue weighted by atomic mass is 79.9. The lowest BCUT2D eigenvalue weighted by atomic mass is 10.1. The van der Waals surface area contributed by atoms with Gasteiger partial charge < -0.3 is 15.0 Å². The van der Waals surface area contributed by atoms with Crippen molar-refractivity contribution in [1.82, 2.24) is 10.2 Å². The molecule has 1 atom stereocenters. The summed E-state index contributed by atoms with van der Waals surface area (Å²) in [6.45, 7) is 6.64. The molecule has 0 aliphatic rings. The molecule has 0 saturated heterocycles. The van der Waals surface area contributed by atoms with Gasteiger partial charge in [-0.1, -0.05) is 59.1 Å². The summed E-state index contributed by atoms with van der Waals surface area (Å²) in [5.41, 5.74) is 2.06. The van der Waals surface area contributed by atoms with Gasteiger partial charge in [-0.25, -0.2) is 0 Å². The first-order valence-electron chi connectivity index (χ1n) is 9.91. The predicted octanol–water partition coefficient (Wildman–Crippen LogP) is 4.47. The topological polar surface area (TPSA) is 58.6 Å². The Balaban J connectivity index is 2.10. The number of aryl methyl sites for hydroxylation is 1. The first-order chi connectivity index (χ1) is 13.9. The van der Waals surface area contributed by atoms with E-state index in [1.54, 1.807) is 11.8 Å². The molecule has 2 amide bonds. The number of hydrogen-bond donors (Lipinski definition) is 1. The summed E-state index contributed by atoms with van der Waals surface area (Å²) in [7, 11) is 0. The van der Waals surface area contributed by atoms with Gasteiger partial charge in [0.25, 0.3) is 5.91 Å². The fourth-order valence-electron chi connectivity index (χ4n) is 2.81. The molecule has 0 fully saturated rings. The van der Waals surface area contributed by atoms with Gasteiger partial charge in [0, 0.05) is 17.6 Å². The van der Waals surface area contributed by atoms with E-state index in [9.17, 15) is 9.59 Å². The molecule has 0 bridgehead atoms. The van der Waals surface area contributed by atoms with Gasteiger partial charge in [-0.2, -0.15) is 0 Å². The van der Waals surface area contributed by atoms with Gasteiger partial charge in [-0.15, -0.1) is 0 Å². The minimum atomic E-state index is -0.597. The van der Waals surface area contributed by atoms with Crippen LogP contribution in [-0.2, 0) is 16.1 Å². The quantitative estimate of drug-likeness (QED) is 0.532. The molecule has 2 rings (SSSR count). The van der Waals surface area contributed by atoms with Crippen LogP contribution in [-0.4, -0.2) is 35.9 Å².